The van der Waals surface area contributed by atoms with E-state index in [0.717, 1.165) is 17.5 Å². The second kappa shape index (κ2) is 8.77. The van der Waals surface area contributed by atoms with Crippen LogP contribution in [0.25, 0.3) is 0 Å². The Hall–Kier alpha value is -2.73. The number of fused-ring (bicyclic) bond motifs is 1. The highest BCUT2D eigenvalue weighted by Gasteiger charge is 2.30. The Morgan fingerprint density at radius 3 is 2.81 bits per heavy atom. The van der Waals surface area contributed by atoms with Crippen LogP contribution in [0.5, 0.6) is 0 Å². The number of carbonyl (C=O) groups is 2. The molecule has 0 bridgehead atoms. The van der Waals surface area contributed by atoms with E-state index in [0.29, 0.717) is 31.0 Å². The van der Waals surface area contributed by atoms with Crippen molar-refractivity contribution in [2.45, 2.75) is 38.8 Å². The molecule has 2 aromatic carbocycles. The average molecular weight is 370 g/mol. The molecule has 0 saturated carbocycles. The molecule has 2 amide bonds. The van der Waals surface area contributed by atoms with Crippen LogP contribution in [0.2, 0.25) is 0 Å². The Balaban J connectivity index is 1.69. The fourth-order valence-electron chi connectivity index (χ4n) is 3.17. The molecule has 0 spiro atoms. The van der Waals surface area contributed by atoms with Crippen LogP contribution in [0.15, 0.2) is 42.5 Å². The molecular formula is C21H23FN2O3. The van der Waals surface area contributed by atoms with E-state index in [-0.39, 0.29) is 18.2 Å². The number of ether oxygens (including phenoxy) is 1. The first-order valence-corrected chi connectivity index (χ1v) is 9.10. The molecule has 0 fully saturated rings. The molecule has 2 N–H and O–H groups in total. The van der Waals surface area contributed by atoms with Crippen molar-refractivity contribution in [2.24, 2.45) is 0 Å². The number of hydrogen-bond acceptors (Lipinski definition) is 3. The molecule has 5 nitrogen and oxygen atoms in total. The summed E-state index contributed by atoms with van der Waals surface area (Å²) in [4.78, 5) is 24.6. The van der Waals surface area contributed by atoms with E-state index in [1.54, 1.807) is 6.07 Å². The predicted molar refractivity (Wildman–Crippen MR) is 101 cm³/mol. The molecule has 142 valence electrons. The molecule has 1 aliphatic heterocycles. The van der Waals surface area contributed by atoms with E-state index in [1.807, 2.05) is 24.3 Å². The molecule has 1 atom stereocenters. The molecule has 1 unspecified atom stereocenters. The fourth-order valence-corrected chi connectivity index (χ4v) is 3.17. The van der Waals surface area contributed by atoms with Crippen molar-refractivity contribution in [3.63, 3.8) is 0 Å². The van der Waals surface area contributed by atoms with Crippen LogP contribution in [-0.2, 0) is 27.5 Å². The topological polar surface area (TPSA) is 67.4 Å². The van der Waals surface area contributed by atoms with Gasteiger partial charge in [0.15, 0.2) is 0 Å². The van der Waals surface area contributed by atoms with Crippen molar-refractivity contribution in [1.82, 2.24) is 5.32 Å². The quantitative estimate of drug-likeness (QED) is 0.733. The minimum absolute atomic E-state index is 0.0473. The number of amides is 2. The molecule has 0 saturated heterocycles. The lowest BCUT2D eigenvalue weighted by Crippen LogP contribution is -2.35. The number of rotatable bonds is 7. The third-order valence-corrected chi connectivity index (χ3v) is 4.55. The van der Waals surface area contributed by atoms with Gasteiger partial charge in [-0.05, 0) is 35.2 Å². The summed E-state index contributed by atoms with van der Waals surface area (Å²) in [5.74, 6) is -1.61. The normalized spacial score (nSPS) is 15.8. The smallest absolute Gasteiger partial charge is 0.228 e. The Morgan fingerprint density at radius 2 is 2.04 bits per heavy atom. The molecule has 2 aromatic rings. The SMILES string of the molecule is CCCOCc1ccccc1CNC(=O)C1CC(=O)Nc2cc(F)ccc21. The fraction of sp³-hybridized carbons (Fsp3) is 0.333. The first-order valence-electron chi connectivity index (χ1n) is 9.10. The second-order valence-corrected chi connectivity index (χ2v) is 6.58. The molecule has 1 heterocycles. The molecule has 0 aliphatic carbocycles. The lowest BCUT2D eigenvalue weighted by atomic mass is 9.89. The van der Waals surface area contributed by atoms with Gasteiger partial charge in [-0.1, -0.05) is 37.3 Å². The predicted octanol–water partition coefficient (Wildman–Crippen LogP) is 3.49. The van der Waals surface area contributed by atoms with Gasteiger partial charge < -0.3 is 15.4 Å². The summed E-state index contributed by atoms with van der Waals surface area (Å²) in [5, 5.41) is 5.53. The lowest BCUT2D eigenvalue weighted by molar-refractivity contribution is -0.126. The summed E-state index contributed by atoms with van der Waals surface area (Å²) in [6, 6.07) is 11.9. The van der Waals surface area contributed by atoms with E-state index < -0.39 is 11.7 Å². The van der Waals surface area contributed by atoms with Crippen LogP contribution >= 0.6 is 0 Å². The molecule has 3 rings (SSSR count). The zero-order valence-electron chi connectivity index (χ0n) is 15.3. The van der Waals surface area contributed by atoms with Gasteiger partial charge in [-0.3, -0.25) is 9.59 Å². The monoisotopic (exact) mass is 370 g/mol. The third kappa shape index (κ3) is 4.71. The summed E-state index contributed by atoms with van der Waals surface area (Å²) >= 11 is 0. The van der Waals surface area contributed by atoms with Crippen molar-refractivity contribution in [2.75, 3.05) is 11.9 Å². The number of carbonyl (C=O) groups excluding carboxylic acids is 2. The summed E-state index contributed by atoms with van der Waals surface area (Å²) in [5.41, 5.74) is 2.99. The van der Waals surface area contributed by atoms with Crippen LogP contribution in [0, 0.1) is 5.82 Å². The van der Waals surface area contributed by atoms with Gasteiger partial charge in [0, 0.05) is 25.3 Å². The van der Waals surface area contributed by atoms with Crippen LogP contribution in [-0.4, -0.2) is 18.4 Å². The molecule has 6 heteroatoms. The van der Waals surface area contributed by atoms with Gasteiger partial charge in [-0.15, -0.1) is 0 Å². The Morgan fingerprint density at radius 1 is 1.26 bits per heavy atom. The van der Waals surface area contributed by atoms with E-state index >= 15 is 0 Å². The minimum Gasteiger partial charge on any atom is -0.377 e. The van der Waals surface area contributed by atoms with Gasteiger partial charge in [-0.2, -0.15) is 0 Å². The summed E-state index contributed by atoms with van der Waals surface area (Å²) in [7, 11) is 0. The summed E-state index contributed by atoms with van der Waals surface area (Å²) in [6.07, 6.45) is 0.994. The van der Waals surface area contributed by atoms with Crippen molar-refractivity contribution >= 4 is 17.5 Å². The van der Waals surface area contributed by atoms with Gasteiger partial charge >= 0.3 is 0 Å². The Bertz CT molecular complexity index is 838. The van der Waals surface area contributed by atoms with Gasteiger partial charge in [0.1, 0.15) is 5.82 Å². The molecule has 1 aliphatic rings. The van der Waals surface area contributed by atoms with E-state index in [9.17, 15) is 14.0 Å². The zero-order chi connectivity index (χ0) is 19.2. The van der Waals surface area contributed by atoms with E-state index in [4.69, 9.17) is 4.74 Å². The van der Waals surface area contributed by atoms with Crippen LogP contribution < -0.4 is 10.6 Å². The maximum Gasteiger partial charge on any atom is 0.228 e. The zero-order valence-corrected chi connectivity index (χ0v) is 15.3. The van der Waals surface area contributed by atoms with Gasteiger partial charge in [0.25, 0.3) is 0 Å². The molecule has 27 heavy (non-hydrogen) atoms. The second-order valence-electron chi connectivity index (χ2n) is 6.58. The number of benzene rings is 2. The largest absolute Gasteiger partial charge is 0.377 e. The Kier molecular flexibility index (Phi) is 6.19. The number of nitrogens with one attached hydrogen (secondary N) is 2. The standard InChI is InChI=1S/C21H23FN2O3/c1-2-9-27-13-15-6-4-3-5-14(15)12-23-21(26)18-11-20(25)24-19-10-16(22)7-8-17(18)19/h3-8,10,18H,2,9,11-13H2,1H3,(H,23,26)(H,24,25). The van der Waals surface area contributed by atoms with Crippen molar-refractivity contribution < 1.29 is 18.7 Å². The maximum absolute atomic E-state index is 13.4. The van der Waals surface area contributed by atoms with E-state index in [2.05, 4.69) is 17.6 Å². The third-order valence-electron chi connectivity index (χ3n) is 4.55. The average Bonchev–Trinajstić information content (AvgIpc) is 2.66. The molecule has 0 aromatic heterocycles. The summed E-state index contributed by atoms with van der Waals surface area (Å²) in [6.45, 7) is 3.58. The van der Waals surface area contributed by atoms with Crippen LogP contribution in [0.4, 0.5) is 10.1 Å². The minimum atomic E-state index is -0.627. The van der Waals surface area contributed by atoms with Crippen molar-refractivity contribution in [3.8, 4) is 0 Å². The van der Waals surface area contributed by atoms with Crippen LogP contribution in [0.3, 0.4) is 0 Å². The number of hydrogen-bond donors (Lipinski definition) is 2. The number of anilines is 1. The lowest BCUT2D eigenvalue weighted by Gasteiger charge is -2.25. The van der Waals surface area contributed by atoms with Gasteiger partial charge in [0.05, 0.1) is 12.5 Å². The van der Waals surface area contributed by atoms with Gasteiger partial charge in [-0.25, -0.2) is 4.39 Å². The molecule has 0 radical (unpaired) electrons. The van der Waals surface area contributed by atoms with E-state index in [1.165, 1.54) is 12.1 Å². The van der Waals surface area contributed by atoms with Gasteiger partial charge in [0.2, 0.25) is 11.8 Å². The highest BCUT2D eigenvalue weighted by Crippen LogP contribution is 2.32. The highest BCUT2D eigenvalue weighted by atomic mass is 19.1. The van der Waals surface area contributed by atoms with Crippen LogP contribution in [0.1, 0.15) is 42.4 Å². The highest BCUT2D eigenvalue weighted by molar-refractivity contribution is 6.01. The number of halogens is 1. The summed E-state index contributed by atoms with van der Waals surface area (Å²) < 4.78 is 19.0. The first kappa shape index (κ1) is 19.0. The maximum atomic E-state index is 13.4. The molecular weight excluding hydrogens is 347 g/mol. The van der Waals surface area contributed by atoms with Crippen molar-refractivity contribution in [3.05, 3.63) is 65.0 Å². The first-order chi connectivity index (χ1) is 13.1. The Labute approximate surface area is 157 Å². The van der Waals surface area contributed by atoms with Crippen molar-refractivity contribution in [1.29, 1.82) is 0 Å².